The number of hydrogen-bond acceptors (Lipinski definition) is 3. The number of nitrogens with zero attached hydrogens (tertiary/aromatic N) is 1. The van der Waals surface area contributed by atoms with Crippen molar-refractivity contribution in [3.05, 3.63) is 39.4 Å². The van der Waals surface area contributed by atoms with Crippen LogP contribution in [0.5, 0.6) is 0 Å². The Hall–Kier alpha value is -1.42. The molecule has 1 atom stereocenters. The standard InChI is InChI=1S/C14H20N2O2/c1-10-6-7-12(8-14(10)16(17)18)9-15-11(2)13-4-3-5-13/h6-8,11,13,15H,3-5,9H2,1-2H3. The number of hydrogen-bond donors (Lipinski definition) is 1. The zero-order valence-corrected chi connectivity index (χ0v) is 11.0. The normalized spacial score (nSPS) is 17.2. The van der Waals surface area contributed by atoms with Gasteiger partial charge in [-0.1, -0.05) is 18.6 Å². The predicted octanol–water partition coefficient (Wildman–Crippen LogP) is 3.18. The minimum Gasteiger partial charge on any atom is -0.310 e. The first-order chi connectivity index (χ1) is 8.58. The SMILES string of the molecule is Cc1ccc(CNC(C)C2CCC2)cc1[N+](=O)[O-]. The van der Waals surface area contributed by atoms with Crippen molar-refractivity contribution in [3.8, 4) is 0 Å². The molecule has 1 aliphatic rings. The molecule has 1 saturated carbocycles. The molecule has 0 amide bonds. The van der Waals surface area contributed by atoms with Crippen LogP contribution in [0.2, 0.25) is 0 Å². The van der Waals surface area contributed by atoms with E-state index < -0.39 is 0 Å². The Morgan fingerprint density at radius 1 is 1.50 bits per heavy atom. The summed E-state index contributed by atoms with van der Waals surface area (Å²) in [5.41, 5.74) is 1.92. The van der Waals surface area contributed by atoms with E-state index in [4.69, 9.17) is 0 Å². The molecule has 1 fully saturated rings. The largest absolute Gasteiger partial charge is 0.310 e. The smallest absolute Gasteiger partial charge is 0.272 e. The average Bonchev–Trinajstić information content (AvgIpc) is 2.25. The second-order valence-electron chi connectivity index (χ2n) is 5.24. The quantitative estimate of drug-likeness (QED) is 0.643. The summed E-state index contributed by atoms with van der Waals surface area (Å²) < 4.78 is 0. The maximum atomic E-state index is 10.9. The Morgan fingerprint density at radius 3 is 2.78 bits per heavy atom. The van der Waals surface area contributed by atoms with Crippen molar-refractivity contribution in [2.24, 2.45) is 5.92 Å². The molecule has 0 radical (unpaired) electrons. The van der Waals surface area contributed by atoms with E-state index in [1.165, 1.54) is 19.3 Å². The molecule has 0 bridgehead atoms. The number of nitro benzene ring substituents is 1. The molecular weight excluding hydrogens is 228 g/mol. The molecule has 98 valence electrons. The lowest BCUT2D eigenvalue weighted by atomic mass is 9.80. The fourth-order valence-electron chi connectivity index (χ4n) is 2.35. The summed E-state index contributed by atoms with van der Waals surface area (Å²) in [5, 5.41) is 14.3. The molecule has 1 N–H and O–H groups in total. The molecule has 4 nitrogen and oxygen atoms in total. The first kappa shape index (κ1) is 13.0. The Morgan fingerprint density at radius 2 is 2.22 bits per heavy atom. The summed E-state index contributed by atoms with van der Waals surface area (Å²) in [4.78, 5) is 10.5. The van der Waals surface area contributed by atoms with Crippen LogP contribution in [-0.4, -0.2) is 11.0 Å². The van der Waals surface area contributed by atoms with Gasteiger partial charge in [-0.25, -0.2) is 0 Å². The van der Waals surface area contributed by atoms with E-state index in [9.17, 15) is 10.1 Å². The molecule has 0 aromatic heterocycles. The van der Waals surface area contributed by atoms with Gasteiger partial charge in [0.1, 0.15) is 0 Å². The Balaban J connectivity index is 1.96. The van der Waals surface area contributed by atoms with Gasteiger partial charge in [-0.15, -0.1) is 0 Å². The maximum absolute atomic E-state index is 10.9. The minimum absolute atomic E-state index is 0.214. The Kier molecular flexibility index (Phi) is 3.97. The molecule has 1 aromatic carbocycles. The maximum Gasteiger partial charge on any atom is 0.272 e. The second kappa shape index (κ2) is 5.48. The molecule has 0 saturated heterocycles. The minimum atomic E-state index is -0.311. The van der Waals surface area contributed by atoms with Crippen LogP contribution in [0.25, 0.3) is 0 Å². The van der Waals surface area contributed by atoms with Crippen molar-refractivity contribution < 1.29 is 4.92 Å². The summed E-state index contributed by atoms with van der Waals surface area (Å²) in [6.07, 6.45) is 3.96. The van der Waals surface area contributed by atoms with Crippen LogP contribution >= 0.6 is 0 Å². The third-order valence-electron chi connectivity index (χ3n) is 3.96. The molecule has 2 rings (SSSR count). The lowest BCUT2D eigenvalue weighted by Gasteiger charge is -2.32. The van der Waals surface area contributed by atoms with Gasteiger partial charge in [0.25, 0.3) is 5.69 Å². The first-order valence-corrected chi connectivity index (χ1v) is 6.55. The molecule has 0 aliphatic heterocycles. The highest BCUT2D eigenvalue weighted by molar-refractivity contribution is 5.42. The third-order valence-corrected chi connectivity index (χ3v) is 3.96. The van der Waals surface area contributed by atoms with Gasteiger partial charge < -0.3 is 5.32 Å². The van der Waals surface area contributed by atoms with E-state index in [2.05, 4.69) is 12.2 Å². The van der Waals surface area contributed by atoms with Crippen LogP contribution in [0.1, 0.15) is 37.3 Å². The third kappa shape index (κ3) is 2.88. The topological polar surface area (TPSA) is 55.2 Å². The van der Waals surface area contributed by atoms with Crippen molar-refractivity contribution in [2.75, 3.05) is 0 Å². The predicted molar refractivity (Wildman–Crippen MR) is 71.5 cm³/mol. The van der Waals surface area contributed by atoms with Gasteiger partial charge in [-0.05, 0) is 38.2 Å². The average molecular weight is 248 g/mol. The van der Waals surface area contributed by atoms with Crippen LogP contribution < -0.4 is 5.32 Å². The van der Waals surface area contributed by atoms with Gasteiger partial charge in [0.15, 0.2) is 0 Å². The number of rotatable bonds is 5. The molecule has 18 heavy (non-hydrogen) atoms. The van der Waals surface area contributed by atoms with Gasteiger partial charge in [0.05, 0.1) is 4.92 Å². The van der Waals surface area contributed by atoms with Crippen molar-refractivity contribution in [1.82, 2.24) is 5.32 Å². The zero-order valence-electron chi connectivity index (χ0n) is 11.0. The zero-order chi connectivity index (χ0) is 13.1. The lowest BCUT2D eigenvalue weighted by Crippen LogP contribution is -2.36. The fraction of sp³-hybridized carbons (Fsp3) is 0.571. The lowest BCUT2D eigenvalue weighted by molar-refractivity contribution is -0.385. The number of nitro groups is 1. The van der Waals surface area contributed by atoms with Crippen LogP contribution in [0.4, 0.5) is 5.69 Å². The monoisotopic (exact) mass is 248 g/mol. The van der Waals surface area contributed by atoms with Gasteiger partial charge in [-0.3, -0.25) is 10.1 Å². The summed E-state index contributed by atoms with van der Waals surface area (Å²) >= 11 is 0. The van der Waals surface area contributed by atoms with Crippen LogP contribution in [0.3, 0.4) is 0 Å². The molecule has 4 heteroatoms. The Labute approximate surface area is 108 Å². The first-order valence-electron chi connectivity index (χ1n) is 6.55. The van der Waals surface area contributed by atoms with E-state index >= 15 is 0 Å². The molecular formula is C14H20N2O2. The van der Waals surface area contributed by atoms with Crippen LogP contribution in [0.15, 0.2) is 18.2 Å². The molecule has 1 unspecified atom stereocenters. The van der Waals surface area contributed by atoms with Crippen molar-refractivity contribution in [1.29, 1.82) is 0 Å². The highest BCUT2D eigenvalue weighted by Gasteiger charge is 2.23. The fourth-order valence-corrected chi connectivity index (χ4v) is 2.35. The van der Waals surface area contributed by atoms with Crippen molar-refractivity contribution >= 4 is 5.69 Å². The second-order valence-corrected chi connectivity index (χ2v) is 5.24. The summed E-state index contributed by atoms with van der Waals surface area (Å²) in [6, 6.07) is 5.96. The summed E-state index contributed by atoms with van der Waals surface area (Å²) in [6.45, 7) is 4.68. The highest BCUT2D eigenvalue weighted by atomic mass is 16.6. The number of benzene rings is 1. The van der Waals surface area contributed by atoms with E-state index in [-0.39, 0.29) is 10.6 Å². The van der Waals surface area contributed by atoms with Gasteiger partial charge >= 0.3 is 0 Å². The number of nitrogens with one attached hydrogen (secondary N) is 1. The van der Waals surface area contributed by atoms with Crippen molar-refractivity contribution in [2.45, 2.75) is 45.7 Å². The van der Waals surface area contributed by atoms with Gasteiger partial charge in [0, 0.05) is 24.2 Å². The van der Waals surface area contributed by atoms with Gasteiger partial charge in [0.2, 0.25) is 0 Å². The van der Waals surface area contributed by atoms with Crippen LogP contribution in [0, 0.1) is 23.0 Å². The van der Waals surface area contributed by atoms with E-state index in [1.54, 1.807) is 13.0 Å². The van der Waals surface area contributed by atoms with Crippen LogP contribution in [-0.2, 0) is 6.54 Å². The van der Waals surface area contributed by atoms with E-state index in [1.807, 2.05) is 12.1 Å². The highest BCUT2D eigenvalue weighted by Crippen LogP contribution is 2.29. The summed E-state index contributed by atoms with van der Waals surface area (Å²) in [7, 11) is 0. The summed E-state index contributed by atoms with van der Waals surface area (Å²) in [5.74, 6) is 0.783. The Bertz CT molecular complexity index is 441. The van der Waals surface area contributed by atoms with Gasteiger partial charge in [-0.2, -0.15) is 0 Å². The van der Waals surface area contributed by atoms with E-state index in [0.29, 0.717) is 12.6 Å². The molecule has 1 aliphatic carbocycles. The molecule has 0 heterocycles. The molecule has 1 aromatic rings. The van der Waals surface area contributed by atoms with E-state index in [0.717, 1.165) is 17.0 Å². The number of aryl methyl sites for hydroxylation is 1. The van der Waals surface area contributed by atoms with Crippen molar-refractivity contribution in [3.63, 3.8) is 0 Å². The molecule has 0 spiro atoms.